The Kier molecular flexibility index (Phi) is 6.69. The molecule has 0 aliphatic carbocycles. The number of nitrogens with one attached hydrogen (secondary N) is 1. The van der Waals surface area contributed by atoms with E-state index in [4.69, 9.17) is 10.00 Å². The van der Waals surface area contributed by atoms with E-state index in [1.54, 1.807) is 6.07 Å². The van der Waals surface area contributed by atoms with Gasteiger partial charge in [-0.15, -0.1) is 0 Å². The molecule has 0 amide bonds. The number of rotatable bonds is 7. The molecule has 20 heavy (non-hydrogen) atoms. The Bertz CT molecular complexity index is 501. The first kappa shape index (κ1) is 15.6. The van der Waals surface area contributed by atoms with Crippen LogP contribution in [0.3, 0.4) is 0 Å². The Labute approximate surface area is 118 Å². The van der Waals surface area contributed by atoms with Gasteiger partial charge in [0, 0.05) is 11.9 Å². The highest BCUT2D eigenvalue weighted by Gasteiger charge is 2.07. The SMILES string of the molecule is CCCCOc1ccc(N/C=C(\C#N)C(=O)OC)cc1. The zero-order valence-electron chi connectivity index (χ0n) is 11.7. The summed E-state index contributed by atoms with van der Waals surface area (Å²) in [6, 6.07) is 9.05. The number of nitriles is 1. The van der Waals surface area contributed by atoms with Gasteiger partial charge in [0.15, 0.2) is 5.57 Å². The third-order valence-corrected chi connectivity index (χ3v) is 2.53. The van der Waals surface area contributed by atoms with Crippen LogP contribution in [0.2, 0.25) is 0 Å². The van der Waals surface area contributed by atoms with Gasteiger partial charge in [-0.05, 0) is 30.7 Å². The van der Waals surface area contributed by atoms with E-state index in [-0.39, 0.29) is 5.57 Å². The van der Waals surface area contributed by atoms with E-state index in [9.17, 15) is 4.79 Å². The molecule has 1 N–H and O–H groups in total. The third-order valence-electron chi connectivity index (χ3n) is 2.53. The number of ether oxygens (including phenoxy) is 2. The lowest BCUT2D eigenvalue weighted by Gasteiger charge is -2.06. The summed E-state index contributed by atoms with van der Waals surface area (Å²) in [6.07, 6.45) is 3.43. The van der Waals surface area contributed by atoms with Crippen LogP contribution in [0.1, 0.15) is 19.8 Å². The van der Waals surface area contributed by atoms with Crippen molar-refractivity contribution in [2.45, 2.75) is 19.8 Å². The van der Waals surface area contributed by atoms with Crippen LogP contribution in [0, 0.1) is 11.3 Å². The van der Waals surface area contributed by atoms with E-state index in [0.717, 1.165) is 24.3 Å². The number of unbranched alkanes of at least 4 members (excludes halogenated alkanes) is 1. The van der Waals surface area contributed by atoms with Gasteiger partial charge in [-0.25, -0.2) is 4.79 Å². The molecule has 0 aromatic heterocycles. The first-order valence-electron chi connectivity index (χ1n) is 6.39. The van der Waals surface area contributed by atoms with Crippen LogP contribution in [0.5, 0.6) is 5.75 Å². The summed E-state index contributed by atoms with van der Waals surface area (Å²) < 4.78 is 10.0. The van der Waals surface area contributed by atoms with Gasteiger partial charge in [-0.2, -0.15) is 5.26 Å². The van der Waals surface area contributed by atoms with E-state index in [1.807, 2.05) is 24.3 Å². The molecule has 0 aliphatic rings. The Morgan fingerprint density at radius 2 is 2.10 bits per heavy atom. The van der Waals surface area contributed by atoms with Crippen LogP contribution in [-0.4, -0.2) is 19.7 Å². The first-order chi connectivity index (χ1) is 9.71. The number of benzene rings is 1. The van der Waals surface area contributed by atoms with Crippen LogP contribution in [0.4, 0.5) is 5.69 Å². The van der Waals surface area contributed by atoms with Crippen LogP contribution in [-0.2, 0) is 9.53 Å². The van der Waals surface area contributed by atoms with Gasteiger partial charge in [0.25, 0.3) is 0 Å². The van der Waals surface area contributed by atoms with Gasteiger partial charge in [-0.1, -0.05) is 13.3 Å². The van der Waals surface area contributed by atoms with Crippen molar-refractivity contribution in [3.05, 3.63) is 36.0 Å². The molecule has 1 aromatic carbocycles. The lowest BCUT2D eigenvalue weighted by atomic mass is 10.3. The van der Waals surface area contributed by atoms with Crippen molar-refractivity contribution in [2.24, 2.45) is 0 Å². The highest BCUT2D eigenvalue weighted by molar-refractivity contribution is 5.92. The van der Waals surface area contributed by atoms with Gasteiger partial charge < -0.3 is 14.8 Å². The van der Waals surface area contributed by atoms with Crippen LogP contribution in [0.25, 0.3) is 0 Å². The van der Waals surface area contributed by atoms with E-state index in [0.29, 0.717) is 6.61 Å². The molecule has 0 saturated carbocycles. The second kappa shape index (κ2) is 8.59. The molecule has 1 aromatic rings. The van der Waals surface area contributed by atoms with E-state index < -0.39 is 5.97 Å². The summed E-state index contributed by atoms with van der Waals surface area (Å²) in [7, 11) is 1.23. The summed E-state index contributed by atoms with van der Waals surface area (Å²) >= 11 is 0. The lowest BCUT2D eigenvalue weighted by Crippen LogP contribution is -2.05. The van der Waals surface area contributed by atoms with Gasteiger partial charge in [-0.3, -0.25) is 0 Å². The standard InChI is InChI=1S/C15H18N2O3/c1-3-4-9-20-14-7-5-13(6-8-14)17-11-12(10-16)15(18)19-2/h5-8,11,17H,3-4,9H2,1-2H3/b12-11+. The molecule has 0 atom stereocenters. The maximum absolute atomic E-state index is 11.2. The average Bonchev–Trinajstić information content (AvgIpc) is 2.49. The number of carbonyl (C=O) groups excluding carboxylic acids is 1. The van der Waals surface area contributed by atoms with Gasteiger partial charge in [0.1, 0.15) is 11.8 Å². The van der Waals surface area contributed by atoms with Crippen LogP contribution < -0.4 is 10.1 Å². The molecular formula is C15H18N2O3. The first-order valence-corrected chi connectivity index (χ1v) is 6.39. The van der Waals surface area contributed by atoms with Crippen LogP contribution >= 0.6 is 0 Å². The number of hydrogen-bond acceptors (Lipinski definition) is 5. The molecule has 5 heteroatoms. The lowest BCUT2D eigenvalue weighted by molar-refractivity contribution is -0.135. The largest absolute Gasteiger partial charge is 0.494 e. The molecule has 0 aliphatic heterocycles. The molecule has 1 rings (SSSR count). The Morgan fingerprint density at radius 3 is 2.65 bits per heavy atom. The van der Waals surface area contributed by atoms with E-state index >= 15 is 0 Å². The number of methoxy groups -OCH3 is 1. The number of anilines is 1. The molecule has 0 bridgehead atoms. The van der Waals surface area contributed by atoms with Crippen molar-refractivity contribution < 1.29 is 14.3 Å². The number of esters is 1. The fourth-order valence-corrected chi connectivity index (χ4v) is 1.38. The quantitative estimate of drug-likeness (QED) is 0.358. The normalized spacial score (nSPS) is 10.6. The highest BCUT2D eigenvalue weighted by atomic mass is 16.5. The molecule has 0 saturated heterocycles. The fraction of sp³-hybridized carbons (Fsp3) is 0.333. The zero-order chi connectivity index (χ0) is 14.8. The highest BCUT2D eigenvalue weighted by Crippen LogP contribution is 2.16. The number of hydrogen-bond donors (Lipinski definition) is 1. The number of nitrogens with zero attached hydrogens (tertiary/aromatic N) is 1. The molecule has 0 fully saturated rings. The molecule has 0 radical (unpaired) electrons. The molecule has 5 nitrogen and oxygen atoms in total. The third kappa shape index (κ3) is 5.02. The minimum absolute atomic E-state index is 0.0872. The van der Waals surface area contributed by atoms with Crippen molar-refractivity contribution in [1.29, 1.82) is 5.26 Å². The minimum atomic E-state index is -0.667. The van der Waals surface area contributed by atoms with E-state index in [2.05, 4.69) is 17.0 Å². The summed E-state index contributed by atoms with van der Waals surface area (Å²) in [5.74, 6) is 0.126. The second-order valence-electron chi connectivity index (χ2n) is 4.03. The van der Waals surface area contributed by atoms with E-state index in [1.165, 1.54) is 13.3 Å². The summed E-state index contributed by atoms with van der Waals surface area (Å²) in [6.45, 7) is 2.81. The van der Waals surface area contributed by atoms with Crippen molar-refractivity contribution >= 4 is 11.7 Å². The molecule has 0 heterocycles. The van der Waals surface area contributed by atoms with Crippen molar-refractivity contribution in [3.8, 4) is 11.8 Å². The topological polar surface area (TPSA) is 71.3 Å². The number of carbonyl (C=O) groups is 1. The fourth-order valence-electron chi connectivity index (χ4n) is 1.38. The summed E-state index contributed by atoms with van der Waals surface area (Å²) in [5, 5.41) is 11.7. The summed E-state index contributed by atoms with van der Waals surface area (Å²) in [5.41, 5.74) is 0.667. The predicted octanol–water partition coefficient (Wildman–Crippen LogP) is 2.86. The molecular weight excluding hydrogens is 256 g/mol. The van der Waals surface area contributed by atoms with Crippen LogP contribution in [0.15, 0.2) is 36.0 Å². The Balaban J connectivity index is 2.59. The van der Waals surface area contributed by atoms with Gasteiger partial charge in [0.2, 0.25) is 0 Å². The minimum Gasteiger partial charge on any atom is -0.494 e. The van der Waals surface area contributed by atoms with Crippen molar-refractivity contribution in [1.82, 2.24) is 0 Å². The molecule has 0 spiro atoms. The Hall–Kier alpha value is -2.48. The maximum Gasteiger partial charge on any atom is 0.350 e. The molecule has 0 unspecified atom stereocenters. The van der Waals surface area contributed by atoms with Gasteiger partial charge in [0.05, 0.1) is 13.7 Å². The maximum atomic E-state index is 11.2. The zero-order valence-corrected chi connectivity index (χ0v) is 11.7. The smallest absolute Gasteiger partial charge is 0.350 e. The average molecular weight is 274 g/mol. The summed E-state index contributed by atoms with van der Waals surface area (Å²) in [4.78, 5) is 11.2. The van der Waals surface area contributed by atoms with Crippen molar-refractivity contribution in [2.75, 3.05) is 19.0 Å². The van der Waals surface area contributed by atoms with Gasteiger partial charge >= 0.3 is 5.97 Å². The van der Waals surface area contributed by atoms with Crippen molar-refractivity contribution in [3.63, 3.8) is 0 Å². The molecule has 106 valence electrons. The Morgan fingerprint density at radius 1 is 1.40 bits per heavy atom. The predicted molar refractivity (Wildman–Crippen MR) is 76.2 cm³/mol. The monoisotopic (exact) mass is 274 g/mol. The second-order valence-corrected chi connectivity index (χ2v) is 4.03.